The van der Waals surface area contributed by atoms with E-state index in [1.54, 1.807) is 18.2 Å². The van der Waals surface area contributed by atoms with Crippen molar-refractivity contribution in [3.05, 3.63) is 87.7 Å². The summed E-state index contributed by atoms with van der Waals surface area (Å²) in [6.45, 7) is 0. The van der Waals surface area contributed by atoms with E-state index in [-0.39, 0.29) is 16.8 Å². The molecule has 0 bridgehead atoms. The summed E-state index contributed by atoms with van der Waals surface area (Å²) in [6, 6.07) is 15.8. The van der Waals surface area contributed by atoms with Gasteiger partial charge in [0.25, 0.3) is 11.5 Å². The fourth-order valence-electron chi connectivity index (χ4n) is 2.93. The lowest BCUT2D eigenvalue weighted by Crippen LogP contribution is -2.27. The van der Waals surface area contributed by atoms with E-state index in [2.05, 4.69) is 10.3 Å². The van der Waals surface area contributed by atoms with Crippen molar-refractivity contribution in [2.24, 2.45) is 0 Å². The van der Waals surface area contributed by atoms with E-state index < -0.39 is 17.4 Å². The second-order valence-corrected chi connectivity index (χ2v) is 6.91. The number of esters is 1. The molecule has 0 fully saturated rings. The average molecular weight is 405 g/mol. The number of nitrogens with one attached hydrogen (secondary N) is 1. The highest BCUT2D eigenvalue weighted by atomic mass is 32.1. The number of rotatable bonds is 4. The number of para-hydroxylation sites is 1. The van der Waals surface area contributed by atoms with E-state index in [1.807, 2.05) is 35.7 Å². The maximum Gasteiger partial charge on any atom is 0.339 e. The third-order valence-corrected chi connectivity index (χ3v) is 5.18. The van der Waals surface area contributed by atoms with Crippen LogP contribution in [0.5, 0.6) is 0 Å². The smallest absolute Gasteiger partial charge is 0.339 e. The zero-order valence-corrected chi connectivity index (χ0v) is 16.1. The van der Waals surface area contributed by atoms with Gasteiger partial charge >= 0.3 is 5.97 Å². The number of carbonyl (C=O) groups excluding carboxylic acids is 2. The third-order valence-electron chi connectivity index (χ3n) is 4.34. The van der Waals surface area contributed by atoms with E-state index in [0.29, 0.717) is 10.7 Å². The first-order chi connectivity index (χ1) is 14.1. The largest absolute Gasteiger partial charge is 0.465 e. The summed E-state index contributed by atoms with van der Waals surface area (Å²) in [4.78, 5) is 42.5. The summed E-state index contributed by atoms with van der Waals surface area (Å²) in [6.07, 6.45) is 1.25. The summed E-state index contributed by atoms with van der Waals surface area (Å²) in [5, 5.41) is 4.44. The Morgan fingerprint density at radius 2 is 1.76 bits per heavy atom. The van der Waals surface area contributed by atoms with Gasteiger partial charge in [-0.3, -0.25) is 14.0 Å². The quantitative estimate of drug-likeness (QED) is 0.525. The summed E-state index contributed by atoms with van der Waals surface area (Å²) in [7, 11) is 1.26. The maximum absolute atomic E-state index is 13.1. The number of carbonyl (C=O) groups is 2. The standard InChI is InChI=1S/C21H15N3O4S/c1-28-20(27)14-9-5-6-10-16(14)23-18(25)15-11-22-21-24(19(15)26)17(12-29-21)13-7-3-2-4-8-13/h2-12H,1H3,(H,23,25). The molecule has 0 atom stereocenters. The van der Waals surface area contributed by atoms with Gasteiger partial charge in [-0.1, -0.05) is 42.5 Å². The number of anilines is 1. The zero-order valence-electron chi connectivity index (χ0n) is 15.3. The van der Waals surface area contributed by atoms with Crippen LogP contribution in [0.25, 0.3) is 16.2 Å². The highest BCUT2D eigenvalue weighted by Crippen LogP contribution is 2.24. The van der Waals surface area contributed by atoms with Crippen LogP contribution in [0.2, 0.25) is 0 Å². The number of aromatic nitrogens is 2. The SMILES string of the molecule is COC(=O)c1ccccc1NC(=O)c1cnc2scc(-c3ccccc3)n2c1=O. The molecule has 8 heteroatoms. The molecule has 0 saturated heterocycles. The normalized spacial score (nSPS) is 10.7. The van der Waals surface area contributed by atoms with Crippen LogP contribution in [0.3, 0.4) is 0 Å². The topological polar surface area (TPSA) is 89.8 Å². The lowest BCUT2D eigenvalue weighted by atomic mass is 10.1. The number of thiazole rings is 1. The molecular formula is C21H15N3O4S. The Morgan fingerprint density at radius 1 is 1.03 bits per heavy atom. The van der Waals surface area contributed by atoms with Crippen molar-refractivity contribution >= 4 is 33.9 Å². The van der Waals surface area contributed by atoms with Crippen LogP contribution >= 0.6 is 11.3 Å². The second kappa shape index (κ2) is 7.69. The molecule has 4 aromatic rings. The molecular weight excluding hydrogens is 390 g/mol. The minimum Gasteiger partial charge on any atom is -0.465 e. The van der Waals surface area contributed by atoms with Crippen LogP contribution in [-0.4, -0.2) is 28.4 Å². The monoisotopic (exact) mass is 405 g/mol. The lowest BCUT2D eigenvalue weighted by Gasteiger charge is -2.09. The van der Waals surface area contributed by atoms with Crippen molar-refractivity contribution in [1.29, 1.82) is 0 Å². The van der Waals surface area contributed by atoms with E-state index >= 15 is 0 Å². The molecule has 0 aliphatic heterocycles. The van der Waals surface area contributed by atoms with Gasteiger partial charge < -0.3 is 10.1 Å². The molecule has 2 aromatic carbocycles. The third kappa shape index (κ3) is 3.41. The van der Waals surface area contributed by atoms with Gasteiger partial charge in [0.2, 0.25) is 0 Å². The van der Waals surface area contributed by atoms with E-state index in [4.69, 9.17) is 4.74 Å². The van der Waals surface area contributed by atoms with Crippen LogP contribution in [0.1, 0.15) is 20.7 Å². The number of methoxy groups -OCH3 is 1. The molecule has 4 rings (SSSR count). The van der Waals surface area contributed by atoms with Crippen LogP contribution in [0.4, 0.5) is 5.69 Å². The molecule has 29 heavy (non-hydrogen) atoms. The van der Waals surface area contributed by atoms with Crippen molar-refractivity contribution in [2.75, 3.05) is 12.4 Å². The molecule has 1 amide bonds. The first kappa shape index (κ1) is 18.6. The maximum atomic E-state index is 13.1. The van der Waals surface area contributed by atoms with Gasteiger partial charge in [-0.15, -0.1) is 11.3 Å². The van der Waals surface area contributed by atoms with E-state index in [1.165, 1.54) is 35.1 Å². The van der Waals surface area contributed by atoms with Gasteiger partial charge in [0.05, 0.1) is 24.1 Å². The minimum atomic E-state index is -0.654. The zero-order chi connectivity index (χ0) is 20.4. The summed E-state index contributed by atoms with van der Waals surface area (Å²) >= 11 is 1.32. The lowest BCUT2D eigenvalue weighted by molar-refractivity contribution is 0.0602. The van der Waals surface area contributed by atoms with Crippen LogP contribution in [0, 0.1) is 0 Å². The predicted octanol–water partition coefficient (Wildman–Crippen LogP) is 3.46. The van der Waals surface area contributed by atoms with Crippen molar-refractivity contribution in [2.45, 2.75) is 0 Å². The van der Waals surface area contributed by atoms with Gasteiger partial charge in [-0.05, 0) is 17.7 Å². The Hall–Kier alpha value is -3.78. The molecule has 2 heterocycles. The first-order valence-electron chi connectivity index (χ1n) is 8.63. The van der Waals surface area contributed by atoms with Gasteiger partial charge in [0.15, 0.2) is 4.96 Å². The molecule has 0 aliphatic carbocycles. The molecule has 144 valence electrons. The number of benzene rings is 2. The number of nitrogens with zero attached hydrogens (tertiary/aromatic N) is 2. The minimum absolute atomic E-state index is 0.127. The predicted molar refractivity (Wildman–Crippen MR) is 111 cm³/mol. The molecule has 0 radical (unpaired) electrons. The Labute approximate surface area is 169 Å². The summed E-state index contributed by atoms with van der Waals surface area (Å²) < 4.78 is 6.15. The number of fused-ring (bicyclic) bond motifs is 1. The molecule has 2 aromatic heterocycles. The fourth-order valence-corrected chi connectivity index (χ4v) is 3.79. The van der Waals surface area contributed by atoms with Crippen molar-refractivity contribution < 1.29 is 14.3 Å². The Balaban J connectivity index is 1.76. The molecule has 0 spiro atoms. The van der Waals surface area contributed by atoms with Crippen LogP contribution in [-0.2, 0) is 4.74 Å². The molecule has 0 aliphatic rings. The van der Waals surface area contributed by atoms with Gasteiger partial charge in [-0.25, -0.2) is 9.78 Å². The van der Waals surface area contributed by atoms with E-state index in [0.717, 1.165) is 5.56 Å². The van der Waals surface area contributed by atoms with Crippen LogP contribution < -0.4 is 10.9 Å². The molecule has 0 saturated carbocycles. The molecule has 7 nitrogen and oxygen atoms in total. The van der Waals surface area contributed by atoms with Gasteiger partial charge in [0, 0.05) is 11.6 Å². The Kier molecular flexibility index (Phi) is 4.92. The number of amides is 1. The first-order valence-corrected chi connectivity index (χ1v) is 9.51. The summed E-state index contributed by atoms with van der Waals surface area (Å²) in [5.74, 6) is -1.24. The van der Waals surface area contributed by atoms with Crippen molar-refractivity contribution in [3.8, 4) is 11.3 Å². The molecule has 0 unspecified atom stereocenters. The van der Waals surface area contributed by atoms with Gasteiger partial charge in [-0.2, -0.15) is 0 Å². The highest BCUT2D eigenvalue weighted by Gasteiger charge is 2.19. The number of hydrogen-bond donors (Lipinski definition) is 1. The van der Waals surface area contributed by atoms with E-state index in [9.17, 15) is 14.4 Å². The van der Waals surface area contributed by atoms with Crippen LogP contribution in [0.15, 0.2) is 71.0 Å². The van der Waals surface area contributed by atoms with Crippen molar-refractivity contribution in [1.82, 2.24) is 9.38 Å². The number of hydrogen-bond acceptors (Lipinski definition) is 6. The summed E-state index contributed by atoms with van der Waals surface area (Å²) in [5.41, 5.74) is 1.34. The highest BCUT2D eigenvalue weighted by molar-refractivity contribution is 7.15. The fraction of sp³-hybridized carbons (Fsp3) is 0.0476. The number of ether oxygens (including phenoxy) is 1. The average Bonchev–Trinajstić information content (AvgIpc) is 3.19. The Bertz CT molecular complexity index is 1280. The van der Waals surface area contributed by atoms with Gasteiger partial charge in [0.1, 0.15) is 5.56 Å². The van der Waals surface area contributed by atoms with Crippen molar-refractivity contribution in [3.63, 3.8) is 0 Å². The molecule has 1 N–H and O–H groups in total. The Morgan fingerprint density at radius 3 is 2.52 bits per heavy atom. The second-order valence-electron chi connectivity index (χ2n) is 6.07.